The van der Waals surface area contributed by atoms with Crippen LogP contribution in [-0.2, 0) is 20.9 Å². The molecule has 2 aromatic carbocycles. The number of rotatable bonds is 6. The quantitative estimate of drug-likeness (QED) is 0.680. The van der Waals surface area contributed by atoms with E-state index in [9.17, 15) is 14.4 Å². The number of benzene rings is 2. The van der Waals surface area contributed by atoms with Crippen LogP contribution in [0.4, 0.5) is 4.79 Å². The van der Waals surface area contributed by atoms with Crippen LogP contribution in [0.3, 0.4) is 0 Å². The zero-order chi connectivity index (χ0) is 22.8. The topological polar surface area (TPSA) is 97.0 Å². The molecule has 0 radical (unpaired) electrons. The molecule has 2 aromatic rings. The largest absolute Gasteiger partial charge is 0.497 e. The second-order valence-electron chi connectivity index (χ2n) is 7.89. The number of carbonyl (C=O) groups excluding carboxylic acids is 3. The van der Waals surface area contributed by atoms with Gasteiger partial charge in [-0.1, -0.05) is 35.9 Å². The maximum absolute atomic E-state index is 12.9. The van der Waals surface area contributed by atoms with Crippen molar-refractivity contribution in [3.8, 4) is 5.75 Å². The number of ether oxygens (including phenoxy) is 2. The van der Waals surface area contributed by atoms with Gasteiger partial charge in [0.2, 0.25) is 5.91 Å². The average Bonchev–Trinajstić information content (AvgIpc) is 3.17. The third-order valence-electron chi connectivity index (χ3n) is 5.69. The van der Waals surface area contributed by atoms with Gasteiger partial charge in [-0.3, -0.25) is 9.69 Å². The Morgan fingerprint density at radius 1 is 1.19 bits per heavy atom. The van der Waals surface area contributed by atoms with Crippen LogP contribution in [-0.4, -0.2) is 43.1 Å². The summed E-state index contributed by atoms with van der Waals surface area (Å²) in [4.78, 5) is 39.3. The summed E-state index contributed by atoms with van der Waals surface area (Å²) in [6, 6.07) is 12.2. The van der Waals surface area contributed by atoms with Gasteiger partial charge in [0.25, 0.3) is 0 Å². The first-order chi connectivity index (χ1) is 15.4. The first kappa shape index (κ1) is 21.4. The highest BCUT2D eigenvalue weighted by atomic mass is 16.5. The fourth-order valence-corrected chi connectivity index (χ4v) is 3.93. The minimum Gasteiger partial charge on any atom is -0.497 e. The molecular weight excluding hydrogens is 410 g/mol. The highest BCUT2D eigenvalue weighted by molar-refractivity contribution is 5.98. The summed E-state index contributed by atoms with van der Waals surface area (Å²) in [5.74, 6) is -0.0873. The highest BCUT2D eigenvalue weighted by Crippen LogP contribution is 2.36. The Balaban J connectivity index is 1.52. The lowest BCUT2D eigenvalue weighted by Gasteiger charge is -2.33. The number of nitrogens with one attached hydrogen (secondary N) is 2. The van der Waals surface area contributed by atoms with E-state index in [1.807, 2.05) is 56.3 Å². The lowest BCUT2D eigenvalue weighted by molar-refractivity contribution is -0.136. The second kappa shape index (κ2) is 8.74. The van der Waals surface area contributed by atoms with Crippen molar-refractivity contribution in [2.45, 2.75) is 26.4 Å². The fraction of sp³-hybridized carbons (Fsp3) is 0.292. The van der Waals surface area contributed by atoms with Crippen LogP contribution in [0.25, 0.3) is 0 Å². The number of amides is 3. The van der Waals surface area contributed by atoms with Gasteiger partial charge in [0.05, 0.1) is 24.4 Å². The van der Waals surface area contributed by atoms with Gasteiger partial charge in [-0.05, 0) is 42.7 Å². The standard InChI is InChI=1S/C24H25N3O5/c1-14-4-5-15(2)18(10-14)22-21-19(13-32-23(21)29)27(24(30)26-22)12-20(28)25-11-16-6-8-17(31-3)9-7-16/h4-10,22H,11-13H2,1-3H3,(H,25,28)(H,26,30)/t22-/m1/s1. The van der Waals surface area contributed by atoms with Gasteiger partial charge in [-0.2, -0.15) is 0 Å². The number of hydrogen-bond donors (Lipinski definition) is 2. The van der Waals surface area contributed by atoms with E-state index in [0.29, 0.717) is 17.8 Å². The number of esters is 1. The van der Waals surface area contributed by atoms with Crippen LogP contribution in [0.1, 0.15) is 28.3 Å². The number of urea groups is 1. The Bertz CT molecular complexity index is 1110. The zero-order valence-electron chi connectivity index (χ0n) is 18.2. The van der Waals surface area contributed by atoms with Crippen LogP contribution in [0.15, 0.2) is 53.7 Å². The van der Waals surface area contributed by atoms with Crippen molar-refractivity contribution in [1.82, 2.24) is 15.5 Å². The Morgan fingerprint density at radius 3 is 2.66 bits per heavy atom. The molecule has 2 aliphatic heterocycles. The lowest BCUT2D eigenvalue weighted by Crippen LogP contribution is -2.50. The van der Waals surface area contributed by atoms with E-state index in [4.69, 9.17) is 9.47 Å². The average molecular weight is 435 g/mol. The summed E-state index contributed by atoms with van der Waals surface area (Å²) in [5.41, 5.74) is 4.53. The van der Waals surface area contributed by atoms with E-state index in [0.717, 1.165) is 28.0 Å². The second-order valence-corrected chi connectivity index (χ2v) is 7.89. The van der Waals surface area contributed by atoms with Crippen molar-refractivity contribution in [3.05, 3.63) is 76.0 Å². The zero-order valence-corrected chi connectivity index (χ0v) is 18.2. The van der Waals surface area contributed by atoms with Crippen molar-refractivity contribution in [1.29, 1.82) is 0 Å². The number of nitrogens with zero attached hydrogens (tertiary/aromatic N) is 1. The SMILES string of the molecule is COc1ccc(CNC(=O)CN2C(=O)N[C@H](c3cc(C)ccc3C)C3=C2COC3=O)cc1. The number of cyclic esters (lactones) is 1. The van der Waals surface area contributed by atoms with Crippen LogP contribution < -0.4 is 15.4 Å². The molecule has 3 amide bonds. The number of hydrogen-bond acceptors (Lipinski definition) is 5. The summed E-state index contributed by atoms with van der Waals surface area (Å²) in [7, 11) is 1.59. The molecule has 2 aliphatic rings. The van der Waals surface area contributed by atoms with E-state index in [-0.39, 0.29) is 19.1 Å². The number of carbonyl (C=O) groups is 3. The maximum atomic E-state index is 12.9. The molecule has 0 saturated heterocycles. The molecule has 166 valence electrons. The Kier molecular flexibility index (Phi) is 5.85. The smallest absolute Gasteiger partial charge is 0.338 e. The molecular formula is C24H25N3O5. The van der Waals surface area contributed by atoms with Gasteiger partial charge in [-0.15, -0.1) is 0 Å². The lowest BCUT2D eigenvalue weighted by atomic mass is 9.91. The summed E-state index contributed by atoms with van der Waals surface area (Å²) < 4.78 is 10.4. The van der Waals surface area contributed by atoms with Crippen LogP contribution in [0.2, 0.25) is 0 Å². The molecule has 0 bridgehead atoms. The van der Waals surface area contributed by atoms with Gasteiger partial charge in [0, 0.05) is 6.54 Å². The minimum absolute atomic E-state index is 0.0330. The fourth-order valence-electron chi connectivity index (χ4n) is 3.93. The van der Waals surface area contributed by atoms with Crippen LogP contribution in [0, 0.1) is 13.8 Å². The van der Waals surface area contributed by atoms with Gasteiger partial charge in [0.1, 0.15) is 18.9 Å². The molecule has 2 heterocycles. The van der Waals surface area contributed by atoms with Gasteiger partial charge >= 0.3 is 12.0 Å². The van der Waals surface area contributed by atoms with E-state index in [1.165, 1.54) is 4.90 Å². The summed E-state index contributed by atoms with van der Waals surface area (Å²) in [5, 5.41) is 5.68. The molecule has 8 nitrogen and oxygen atoms in total. The van der Waals surface area contributed by atoms with E-state index in [1.54, 1.807) is 7.11 Å². The normalized spacial score (nSPS) is 17.6. The number of aryl methyl sites for hydroxylation is 2. The molecule has 0 fully saturated rings. The Morgan fingerprint density at radius 2 is 1.94 bits per heavy atom. The Labute approximate surface area is 186 Å². The predicted molar refractivity (Wildman–Crippen MR) is 117 cm³/mol. The summed E-state index contributed by atoms with van der Waals surface area (Å²) >= 11 is 0. The molecule has 0 aliphatic carbocycles. The third-order valence-corrected chi connectivity index (χ3v) is 5.69. The first-order valence-corrected chi connectivity index (χ1v) is 10.3. The third kappa shape index (κ3) is 4.16. The summed E-state index contributed by atoms with van der Waals surface area (Å²) in [6.07, 6.45) is 0. The molecule has 32 heavy (non-hydrogen) atoms. The van der Waals surface area contributed by atoms with E-state index >= 15 is 0 Å². The molecule has 8 heteroatoms. The van der Waals surface area contributed by atoms with Gasteiger partial charge < -0.3 is 20.1 Å². The van der Waals surface area contributed by atoms with Crippen molar-refractivity contribution in [2.75, 3.05) is 20.3 Å². The predicted octanol–water partition coefficient (Wildman–Crippen LogP) is 2.51. The van der Waals surface area contributed by atoms with E-state index < -0.39 is 18.0 Å². The van der Waals surface area contributed by atoms with E-state index in [2.05, 4.69) is 10.6 Å². The van der Waals surface area contributed by atoms with Gasteiger partial charge in [-0.25, -0.2) is 9.59 Å². The summed E-state index contributed by atoms with van der Waals surface area (Å²) in [6.45, 7) is 3.95. The van der Waals surface area contributed by atoms with Crippen molar-refractivity contribution < 1.29 is 23.9 Å². The minimum atomic E-state index is -0.606. The molecule has 0 unspecified atom stereocenters. The van der Waals surface area contributed by atoms with Crippen LogP contribution in [0.5, 0.6) is 5.75 Å². The molecule has 0 saturated carbocycles. The maximum Gasteiger partial charge on any atom is 0.338 e. The molecule has 4 rings (SSSR count). The van der Waals surface area contributed by atoms with Crippen molar-refractivity contribution in [2.24, 2.45) is 0 Å². The van der Waals surface area contributed by atoms with Crippen molar-refractivity contribution in [3.63, 3.8) is 0 Å². The van der Waals surface area contributed by atoms with Crippen molar-refractivity contribution >= 4 is 17.9 Å². The molecule has 0 aromatic heterocycles. The first-order valence-electron chi connectivity index (χ1n) is 10.3. The Hall–Kier alpha value is -3.81. The molecule has 0 spiro atoms. The van der Waals surface area contributed by atoms with Crippen LogP contribution >= 0.6 is 0 Å². The number of methoxy groups -OCH3 is 1. The monoisotopic (exact) mass is 435 g/mol. The van der Waals surface area contributed by atoms with Gasteiger partial charge in [0.15, 0.2) is 0 Å². The highest BCUT2D eigenvalue weighted by Gasteiger charge is 2.43. The molecule has 1 atom stereocenters. The molecule has 2 N–H and O–H groups in total.